The molecule has 5 heteroatoms. The summed E-state index contributed by atoms with van der Waals surface area (Å²) in [5.74, 6) is 0.830. The predicted octanol–water partition coefficient (Wildman–Crippen LogP) is 2.55. The Morgan fingerprint density at radius 2 is 1.80 bits per heavy atom. The normalized spacial score (nSPS) is 10.5. The van der Waals surface area contributed by atoms with Crippen molar-refractivity contribution in [2.24, 2.45) is 7.05 Å². The van der Waals surface area contributed by atoms with Crippen LogP contribution in [-0.4, -0.2) is 27.1 Å². The van der Waals surface area contributed by atoms with Crippen molar-refractivity contribution in [1.82, 2.24) is 20.0 Å². The summed E-state index contributed by atoms with van der Waals surface area (Å²) in [6, 6.07) is 9.78. The lowest BCUT2D eigenvalue weighted by atomic mass is 10.0. The highest BCUT2D eigenvalue weighted by molar-refractivity contribution is 5.80. The molecule has 0 N–H and O–H groups in total. The summed E-state index contributed by atoms with van der Waals surface area (Å²) in [4.78, 5) is 0. The van der Waals surface area contributed by atoms with Crippen LogP contribution in [0, 0.1) is 0 Å². The van der Waals surface area contributed by atoms with E-state index in [0.717, 1.165) is 28.1 Å². The monoisotopic (exact) mass is 266 g/mol. The maximum atomic E-state index is 5.18. The van der Waals surface area contributed by atoms with Crippen LogP contribution in [0.25, 0.3) is 22.4 Å². The van der Waals surface area contributed by atoms with Gasteiger partial charge in [-0.2, -0.15) is 15.3 Å². The maximum Gasteiger partial charge on any atom is 0.118 e. The first-order valence-electron chi connectivity index (χ1n) is 6.23. The topological polar surface area (TPSA) is 52.8 Å². The lowest BCUT2D eigenvalue weighted by Crippen LogP contribution is -1.88. The number of ether oxygens (including phenoxy) is 1. The zero-order valence-electron chi connectivity index (χ0n) is 11.3. The summed E-state index contributed by atoms with van der Waals surface area (Å²) in [5.41, 5.74) is 3.99. The molecule has 1 aromatic carbocycles. The van der Waals surface area contributed by atoms with Crippen LogP contribution in [0.5, 0.6) is 5.75 Å². The molecule has 3 aromatic rings. The first-order chi connectivity index (χ1) is 9.78. The van der Waals surface area contributed by atoms with E-state index in [4.69, 9.17) is 4.74 Å². The second-order valence-corrected chi connectivity index (χ2v) is 4.42. The number of rotatable bonds is 3. The fraction of sp³-hybridized carbons (Fsp3) is 0.133. The van der Waals surface area contributed by atoms with E-state index >= 15 is 0 Å². The minimum atomic E-state index is 0.830. The van der Waals surface area contributed by atoms with Gasteiger partial charge < -0.3 is 4.74 Å². The third kappa shape index (κ3) is 2.25. The molecule has 0 saturated heterocycles. The molecule has 0 atom stereocenters. The Labute approximate surface area is 116 Å². The molecule has 2 aromatic heterocycles. The van der Waals surface area contributed by atoms with E-state index < -0.39 is 0 Å². The van der Waals surface area contributed by atoms with E-state index in [1.54, 1.807) is 24.2 Å². The summed E-state index contributed by atoms with van der Waals surface area (Å²) >= 11 is 0. The molecule has 20 heavy (non-hydrogen) atoms. The van der Waals surface area contributed by atoms with Gasteiger partial charge in [0.1, 0.15) is 11.4 Å². The van der Waals surface area contributed by atoms with E-state index in [0.29, 0.717) is 0 Å². The molecule has 0 aliphatic rings. The fourth-order valence-corrected chi connectivity index (χ4v) is 2.11. The number of aromatic nitrogens is 4. The molecule has 0 bridgehead atoms. The highest BCUT2D eigenvalue weighted by atomic mass is 16.5. The third-order valence-electron chi connectivity index (χ3n) is 3.09. The van der Waals surface area contributed by atoms with Crippen molar-refractivity contribution in [1.29, 1.82) is 0 Å². The van der Waals surface area contributed by atoms with Gasteiger partial charge in [0.25, 0.3) is 0 Å². The predicted molar refractivity (Wildman–Crippen MR) is 76.2 cm³/mol. The Morgan fingerprint density at radius 1 is 1.00 bits per heavy atom. The van der Waals surface area contributed by atoms with Crippen LogP contribution < -0.4 is 4.74 Å². The number of hydrogen-bond acceptors (Lipinski definition) is 4. The minimum Gasteiger partial charge on any atom is -0.497 e. The van der Waals surface area contributed by atoms with Crippen LogP contribution in [0.15, 0.2) is 48.9 Å². The van der Waals surface area contributed by atoms with Gasteiger partial charge in [0.2, 0.25) is 0 Å². The molecule has 0 radical (unpaired) electrons. The van der Waals surface area contributed by atoms with Crippen molar-refractivity contribution in [2.45, 2.75) is 0 Å². The van der Waals surface area contributed by atoms with Gasteiger partial charge in [-0.1, -0.05) is 0 Å². The van der Waals surface area contributed by atoms with Crippen molar-refractivity contribution in [2.75, 3.05) is 7.11 Å². The van der Waals surface area contributed by atoms with E-state index in [1.165, 1.54) is 0 Å². The summed E-state index contributed by atoms with van der Waals surface area (Å²) in [7, 11) is 3.56. The Morgan fingerprint density at radius 3 is 2.45 bits per heavy atom. The zero-order valence-corrected chi connectivity index (χ0v) is 11.3. The second-order valence-electron chi connectivity index (χ2n) is 4.42. The molecule has 3 rings (SSSR count). The van der Waals surface area contributed by atoms with Gasteiger partial charge in [-0.05, 0) is 30.3 Å². The van der Waals surface area contributed by atoms with Gasteiger partial charge in [-0.3, -0.25) is 4.68 Å². The molecule has 2 heterocycles. The van der Waals surface area contributed by atoms with Crippen molar-refractivity contribution < 1.29 is 4.74 Å². The summed E-state index contributed by atoms with van der Waals surface area (Å²) in [5, 5.41) is 12.3. The molecular formula is C15H14N4O. The molecule has 0 saturated carbocycles. The van der Waals surface area contributed by atoms with Crippen molar-refractivity contribution in [3.63, 3.8) is 0 Å². The molecule has 0 aliphatic heterocycles. The molecule has 0 fully saturated rings. The first-order valence-corrected chi connectivity index (χ1v) is 6.23. The second kappa shape index (κ2) is 5.13. The van der Waals surface area contributed by atoms with Crippen molar-refractivity contribution in [3.05, 3.63) is 48.9 Å². The molecule has 0 spiro atoms. The summed E-state index contributed by atoms with van der Waals surface area (Å²) < 4.78 is 6.98. The van der Waals surface area contributed by atoms with Crippen molar-refractivity contribution >= 4 is 0 Å². The Hall–Kier alpha value is -2.69. The van der Waals surface area contributed by atoms with Gasteiger partial charge in [-0.15, -0.1) is 0 Å². The van der Waals surface area contributed by atoms with Crippen LogP contribution in [0.1, 0.15) is 0 Å². The van der Waals surface area contributed by atoms with E-state index in [1.807, 2.05) is 43.6 Å². The van der Waals surface area contributed by atoms with E-state index in [2.05, 4.69) is 15.3 Å². The van der Waals surface area contributed by atoms with Crippen LogP contribution in [0.3, 0.4) is 0 Å². The van der Waals surface area contributed by atoms with Crippen LogP contribution in [0.4, 0.5) is 0 Å². The number of benzene rings is 1. The Bertz CT molecular complexity index is 704. The molecule has 5 nitrogen and oxygen atoms in total. The molecule has 100 valence electrons. The van der Waals surface area contributed by atoms with E-state index in [9.17, 15) is 0 Å². The summed E-state index contributed by atoms with van der Waals surface area (Å²) in [6.07, 6.45) is 5.40. The largest absolute Gasteiger partial charge is 0.497 e. The lowest BCUT2D eigenvalue weighted by molar-refractivity contribution is 0.415. The highest BCUT2D eigenvalue weighted by Crippen LogP contribution is 2.30. The van der Waals surface area contributed by atoms with Crippen LogP contribution in [-0.2, 0) is 7.05 Å². The maximum absolute atomic E-state index is 5.18. The number of nitrogens with zero attached hydrogens (tertiary/aromatic N) is 4. The van der Waals surface area contributed by atoms with Crippen LogP contribution >= 0.6 is 0 Å². The number of hydrogen-bond donors (Lipinski definition) is 0. The molecule has 0 unspecified atom stereocenters. The summed E-state index contributed by atoms with van der Waals surface area (Å²) in [6.45, 7) is 0. The smallest absolute Gasteiger partial charge is 0.118 e. The van der Waals surface area contributed by atoms with E-state index in [-0.39, 0.29) is 0 Å². The van der Waals surface area contributed by atoms with Crippen molar-refractivity contribution in [3.8, 4) is 28.1 Å². The Balaban J connectivity index is 2.09. The quantitative estimate of drug-likeness (QED) is 0.731. The average Bonchev–Trinajstić information content (AvgIpc) is 2.90. The fourth-order valence-electron chi connectivity index (χ4n) is 2.11. The highest BCUT2D eigenvalue weighted by Gasteiger charge is 2.12. The van der Waals surface area contributed by atoms with Gasteiger partial charge in [0.15, 0.2) is 0 Å². The molecule has 0 amide bonds. The zero-order chi connectivity index (χ0) is 13.9. The standard InChI is InChI=1S/C15H14N4O/c1-19-10-14(12-7-8-16-17-9-12)15(18-19)11-3-5-13(20-2)6-4-11/h3-10H,1-2H3. The van der Waals surface area contributed by atoms with Gasteiger partial charge in [0, 0.05) is 29.9 Å². The number of methoxy groups -OCH3 is 1. The van der Waals surface area contributed by atoms with Gasteiger partial charge in [0.05, 0.1) is 19.5 Å². The van der Waals surface area contributed by atoms with Gasteiger partial charge in [-0.25, -0.2) is 0 Å². The average molecular weight is 266 g/mol. The lowest BCUT2D eigenvalue weighted by Gasteiger charge is -2.03. The number of aryl methyl sites for hydroxylation is 1. The van der Waals surface area contributed by atoms with Gasteiger partial charge >= 0.3 is 0 Å². The Kier molecular flexibility index (Phi) is 3.16. The molecular weight excluding hydrogens is 252 g/mol. The SMILES string of the molecule is COc1ccc(-c2nn(C)cc2-c2ccnnc2)cc1. The molecule has 0 aliphatic carbocycles. The first kappa shape index (κ1) is 12.3. The minimum absolute atomic E-state index is 0.830. The van der Waals surface area contributed by atoms with Crippen LogP contribution in [0.2, 0.25) is 0 Å². The third-order valence-corrected chi connectivity index (χ3v) is 3.09.